The summed E-state index contributed by atoms with van der Waals surface area (Å²) in [6.45, 7) is 4.33. The van der Waals surface area contributed by atoms with Crippen LogP contribution in [0.15, 0.2) is 30.3 Å². The molecule has 0 saturated heterocycles. The van der Waals surface area contributed by atoms with E-state index in [2.05, 4.69) is 50.3 Å². The summed E-state index contributed by atoms with van der Waals surface area (Å²) in [4.78, 5) is 0. The van der Waals surface area contributed by atoms with Crippen molar-refractivity contribution >= 4 is 6.08 Å². The number of benzene rings is 1. The van der Waals surface area contributed by atoms with Crippen molar-refractivity contribution in [1.29, 1.82) is 0 Å². The monoisotopic (exact) mass is 202 g/mol. The van der Waals surface area contributed by atoms with E-state index in [1.165, 1.54) is 43.2 Å². The van der Waals surface area contributed by atoms with Crippen LogP contribution in [0.2, 0.25) is 0 Å². The average molecular weight is 202 g/mol. The first-order valence-electron chi connectivity index (χ1n) is 6.09. The van der Waals surface area contributed by atoms with Crippen molar-refractivity contribution in [2.45, 2.75) is 46.0 Å². The lowest BCUT2D eigenvalue weighted by atomic mass is 10.0. The molecule has 0 fully saturated rings. The highest BCUT2D eigenvalue weighted by Gasteiger charge is 1.97. The van der Waals surface area contributed by atoms with Gasteiger partial charge in [0.05, 0.1) is 0 Å². The molecule has 0 saturated carbocycles. The van der Waals surface area contributed by atoms with Crippen LogP contribution in [0.3, 0.4) is 0 Å². The molecule has 0 aliphatic heterocycles. The van der Waals surface area contributed by atoms with Gasteiger partial charge in [-0.2, -0.15) is 0 Å². The van der Waals surface area contributed by atoms with Crippen molar-refractivity contribution in [3.8, 4) is 0 Å². The van der Waals surface area contributed by atoms with E-state index >= 15 is 0 Å². The second-order valence-electron chi connectivity index (χ2n) is 4.01. The minimum atomic E-state index is 1.22. The summed E-state index contributed by atoms with van der Waals surface area (Å²) in [6, 6.07) is 8.71. The summed E-state index contributed by atoms with van der Waals surface area (Å²) >= 11 is 0. The van der Waals surface area contributed by atoms with E-state index in [0.29, 0.717) is 0 Å². The van der Waals surface area contributed by atoms with Gasteiger partial charge in [-0.3, -0.25) is 0 Å². The summed E-state index contributed by atoms with van der Waals surface area (Å²) < 4.78 is 0. The zero-order chi connectivity index (χ0) is 10.9. The van der Waals surface area contributed by atoms with E-state index in [-0.39, 0.29) is 0 Å². The fourth-order valence-corrected chi connectivity index (χ4v) is 1.85. The lowest BCUT2D eigenvalue weighted by Gasteiger charge is -2.05. The van der Waals surface area contributed by atoms with Crippen LogP contribution in [0.5, 0.6) is 0 Å². The lowest BCUT2D eigenvalue weighted by Crippen LogP contribution is -1.89. The summed E-state index contributed by atoms with van der Waals surface area (Å²) in [5, 5.41) is 0. The molecule has 0 radical (unpaired) electrons. The number of unbranched alkanes of at least 4 members (excludes halogenated alkanes) is 3. The summed E-state index contributed by atoms with van der Waals surface area (Å²) in [7, 11) is 0. The molecule has 82 valence electrons. The second-order valence-corrected chi connectivity index (χ2v) is 4.01. The van der Waals surface area contributed by atoms with Gasteiger partial charge in [-0.1, -0.05) is 62.6 Å². The Kier molecular flexibility index (Phi) is 5.84. The molecule has 0 aliphatic rings. The van der Waals surface area contributed by atoms with Crippen LogP contribution in [-0.2, 0) is 6.42 Å². The Balaban J connectivity index is 2.51. The maximum absolute atomic E-state index is 2.26. The molecule has 0 heterocycles. The molecule has 0 amide bonds. The van der Waals surface area contributed by atoms with Crippen LogP contribution < -0.4 is 0 Å². The Bertz CT molecular complexity index is 297. The number of aryl methyl sites for hydroxylation is 1. The maximum Gasteiger partial charge on any atom is -0.0228 e. The molecule has 0 nitrogen and oxygen atoms in total. The van der Waals surface area contributed by atoms with Gasteiger partial charge in [-0.15, -0.1) is 0 Å². The third kappa shape index (κ3) is 4.33. The van der Waals surface area contributed by atoms with Gasteiger partial charge in [-0.25, -0.2) is 0 Å². The smallest absolute Gasteiger partial charge is 0.0228 e. The molecule has 1 aromatic carbocycles. The Morgan fingerprint density at radius 3 is 2.60 bits per heavy atom. The molecule has 0 aliphatic carbocycles. The van der Waals surface area contributed by atoms with E-state index in [9.17, 15) is 0 Å². The highest BCUT2D eigenvalue weighted by atomic mass is 14.0. The van der Waals surface area contributed by atoms with Crippen LogP contribution >= 0.6 is 0 Å². The van der Waals surface area contributed by atoms with Crippen LogP contribution in [-0.4, -0.2) is 0 Å². The van der Waals surface area contributed by atoms with Crippen molar-refractivity contribution in [3.63, 3.8) is 0 Å². The maximum atomic E-state index is 2.26. The standard InChI is InChI=1S/C15H22/c1-3-5-6-7-11-15-13-9-8-12-14(15)10-4-2/h4,8-10,12-13H,3,5-7,11H2,1-2H3/b10-4+. The lowest BCUT2D eigenvalue weighted by molar-refractivity contribution is 0.666. The normalized spacial score (nSPS) is 11.1. The first-order valence-corrected chi connectivity index (χ1v) is 6.09. The Morgan fingerprint density at radius 2 is 1.87 bits per heavy atom. The highest BCUT2D eigenvalue weighted by Crippen LogP contribution is 2.14. The largest absolute Gasteiger partial charge is 0.0871 e. The fourth-order valence-electron chi connectivity index (χ4n) is 1.85. The molecular formula is C15H22. The molecule has 0 heteroatoms. The van der Waals surface area contributed by atoms with Crippen LogP contribution in [0.25, 0.3) is 6.08 Å². The quantitative estimate of drug-likeness (QED) is 0.579. The highest BCUT2D eigenvalue weighted by molar-refractivity contribution is 5.53. The van der Waals surface area contributed by atoms with Gasteiger partial charge in [0.1, 0.15) is 0 Å². The van der Waals surface area contributed by atoms with Gasteiger partial charge in [0.2, 0.25) is 0 Å². The van der Waals surface area contributed by atoms with Crippen LogP contribution in [0, 0.1) is 0 Å². The number of rotatable bonds is 6. The van der Waals surface area contributed by atoms with Gasteiger partial charge in [-0.05, 0) is 30.9 Å². The Hall–Kier alpha value is -1.04. The molecule has 0 aromatic heterocycles. The van der Waals surface area contributed by atoms with E-state index in [1.54, 1.807) is 0 Å². The van der Waals surface area contributed by atoms with Crippen molar-refractivity contribution in [3.05, 3.63) is 41.5 Å². The third-order valence-corrected chi connectivity index (χ3v) is 2.70. The molecule has 0 atom stereocenters. The minimum Gasteiger partial charge on any atom is -0.0871 e. The zero-order valence-electron chi connectivity index (χ0n) is 10.00. The molecule has 0 spiro atoms. The van der Waals surface area contributed by atoms with Gasteiger partial charge < -0.3 is 0 Å². The molecule has 1 rings (SSSR count). The van der Waals surface area contributed by atoms with E-state index in [1.807, 2.05) is 0 Å². The van der Waals surface area contributed by atoms with Crippen LogP contribution in [0.4, 0.5) is 0 Å². The summed E-state index contributed by atoms with van der Waals surface area (Å²) in [5.74, 6) is 0. The third-order valence-electron chi connectivity index (χ3n) is 2.70. The number of hydrogen-bond acceptors (Lipinski definition) is 0. The van der Waals surface area contributed by atoms with Gasteiger partial charge >= 0.3 is 0 Å². The first-order chi connectivity index (χ1) is 7.38. The first kappa shape index (κ1) is 12.0. The van der Waals surface area contributed by atoms with E-state index in [0.717, 1.165) is 0 Å². The molecular weight excluding hydrogens is 180 g/mol. The van der Waals surface area contributed by atoms with E-state index in [4.69, 9.17) is 0 Å². The Labute approximate surface area is 94.0 Å². The molecule has 0 bridgehead atoms. The minimum absolute atomic E-state index is 1.22. The molecule has 15 heavy (non-hydrogen) atoms. The average Bonchev–Trinajstić information content (AvgIpc) is 2.27. The number of allylic oxidation sites excluding steroid dienone is 1. The van der Waals surface area contributed by atoms with Crippen molar-refractivity contribution < 1.29 is 0 Å². The summed E-state index contributed by atoms with van der Waals surface area (Å²) in [6.07, 6.45) is 10.9. The second kappa shape index (κ2) is 7.28. The van der Waals surface area contributed by atoms with E-state index < -0.39 is 0 Å². The SMILES string of the molecule is C/C=C/c1ccccc1CCCCCC. The predicted molar refractivity (Wildman–Crippen MR) is 69.0 cm³/mol. The van der Waals surface area contributed by atoms with Gasteiger partial charge in [0, 0.05) is 0 Å². The summed E-state index contributed by atoms with van der Waals surface area (Å²) in [5.41, 5.74) is 2.88. The molecule has 1 aromatic rings. The predicted octanol–water partition coefficient (Wildman–Crippen LogP) is 4.84. The molecule has 0 unspecified atom stereocenters. The number of hydrogen-bond donors (Lipinski definition) is 0. The fraction of sp³-hybridized carbons (Fsp3) is 0.467. The van der Waals surface area contributed by atoms with Crippen molar-refractivity contribution in [2.24, 2.45) is 0 Å². The van der Waals surface area contributed by atoms with Gasteiger partial charge in [0.25, 0.3) is 0 Å². The molecule has 0 N–H and O–H groups in total. The van der Waals surface area contributed by atoms with Crippen molar-refractivity contribution in [2.75, 3.05) is 0 Å². The van der Waals surface area contributed by atoms with Crippen LogP contribution in [0.1, 0.15) is 50.7 Å². The van der Waals surface area contributed by atoms with Gasteiger partial charge in [0.15, 0.2) is 0 Å². The Morgan fingerprint density at radius 1 is 1.07 bits per heavy atom. The van der Waals surface area contributed by atoms with Crippen molar-refractivity contribution in [1.82, 2.24) is 0 Å². The zero-order valence-corrected chi connectivity index (χ0v) is 10.00. The topological polar surface area (TPSA) is 0 Å².